The lowest BCUT2D eigenvalue weighted by atomic mass is 9.77. The fourth-order valence-electron chi connectivity index (χ4n) is 4.39. The van der Waals surface area contributed by atoms with Crippen molar-refractivity contribution in [1.82, 2.24) is 5.32 Å². The van der Waals surface area contributed by atoms with Crippen molar-refractivity contribution < 1.29 is 4.79 Å². The Hall–Kier alpha value is -2.09. The second kappa shape index (κ2) is 5.84. The van der Waals surface area contributed by atoms with Gasteiger partial charge in [0.2, 0.25) is 5.91 Å². The van der Waals surface area contributed by atoms with Crippen LogP contribution in [0, 0.1) is 0 Å². The van der Waals surface area contributed by atoms with Gasteiger partial charge in [-0.1, -0.05) is 67.4 Å². The molecule has 2 heteroatoms. The Bertz CT molecular complexity index is 701. The molecule has 0 aromatic heterocycles. The van der Waals surface area contributed by atoms with Gasteiger partial charge in [0.05, 0.1) is 11.5 Å². The minimum atomic E-state index is -0.321. The van der Waals surface area contributed by atoms with Crippen LogP contribution >= 0.6 is 0 Å². The molecule has 1 amide bonds. The van der Waals surface area contributed by atoms with Crippen molar-refractivity contribution in [3.05, 3.63) is 71.3 Å². The molecule has 2 aliphatic carbocycles. The third-order valence-electron chi connectivity index (χ3n) is 5.66. The van der Waals surface area contributed by atoms with Crippen LogP contribution in [0.15, 0.2) is 54.6 Å². The van der Waals surface area contributed by atoms with Crippen LogP contribution in [-0.4, -0.2) is 5.91 Å². The molecule has 2 aliphatic rings. The molecule has 2 aromatic carbocycles. The van der Waals surface area contributed by atoms with Crippen LogP contribution in [0.2, 0.25) is 0 Å². The third kappa shape index (κ3) is 2.46. The van der Waals surface area contributed by atoms with Crippen LogP contribution < -0.4 is 5.32 Å². The monoisotopic (exact) mass is 305 g/mol. The second-order valence-electron chi connectivity index (χ2n) is 6.92. The number of carbonyl (C=O) groups excluding carboxylic acids is 1. The molecule has 0 radical (unpaired) electrons. The Morgan fingerprint density at radius 1 is 0.957 bits per heavy atom. The quantitative estimate of drug-likeness (QED) is 0.900. The van der Waals surface area contributed by atoms with E-state index < -0.39 is 0 Å². The highest BCUT2D eigenvalue weighted by Crippen LogP contribution is 2.42. The van der Waals surface area contributed by atoms with E-state index in [-0.39, 0.29) is 17.4 Å². The molecule has 2 nitrogen and oxygen atoms in total. The van der Waals surface area contributed by atoms with Crippen molar-refractivity contribution in [2.45, 2.75) is 50.0 Å². The van der Waals surface area contributed by atoms with Crippen LogP contribution in [0.1, 0.15) is 54.8 Å². The number of aryl methyl sites for hydroxylation is 1. The third-order valence-corrected chi connectivity index (χ3v) is 5.66. The van der Waals surface area contributed by atoms with Crippen LogP contribution in [0.25, 0.3) is 0 Å². The first-order valence-electron chi connectivity index (χ1n) is 8.74. The number of nitrogens with one attached hydrogen (secondary N) is 1. The molecule has 4 rings (SSSR count). The minimum Gasteiger partial charge on any atom is -0.349 e. The summed E-state index contributed by atoms with van der Waals surface area (Å²) in [5.41, 5.74) is 3.56. The minimum absolute atomic E-state index is 0.180. The van der Waals surface area contributed by atoms with Crippen molar-refractivity contribution in [1.29, 1.82) is 0 Å². The van der Waals surface area contributed by atoms with E-state index in [1.165, 1.54) is 16.7 Å². The van der Waals surface area contributed by atoms with E-state index in [1.54, 1.807) is 0 Å². The highest BCUT2D eigenvalue weighted by Gasteiger charge is 2.43. The van der Waals surface area contributed by atoms with Crippen LogP contribution in [0.4, 0.5) is 0 Å². The van der Waals surface area contributed by atoms with Gasteiger partial charge < -0.3 is 5.32 Å². The van der Waals surface area contributed by atoms with Crippen molar-refractivity contribution >= 4 is 5.91 Å². The van der Waals surface area contributed by atoms with Gasteiger partial charge in [0.15, 0.2) is 0 Å². The van der Waals surface area contributed by atoms with Gasteiger partial charge in [-0.15, -0.1) is 0 Å². The van der Waals surface area contributed by atoms with Gasteiger partial charge in [0.25, 0.3) is 0 Å². The van der Waals surface area contributed by atoms with Gasteiger partial charge in [0, 0.05) is 0 Å². The molecule has 0 aliphatic heterocycles. The summed E-state index contributed by atoms with van der Waals surface area (Å²) < 4.78 is 0. The lowest BCUT2D eigenvalue weighted by molar-refractivity contribution is -0.127. The number of hydrogen-bond acceptors (Lipinski definition) is 1. The number of benzene rings is 2. The van der Waals surface area contributed by atoms with E-state index in [4.69, 9.17) is 0 Å². The Balaban J connectivity index is 1.61. The normalized spacial score (nSPS) is 21.8. The highest BCUT2D eigenvalue weighted by atomic mass is 16.2. The predicted molar refractivity (Wildman–Crippen MR) is 92.2 cm³/mol. The summed E-state index contributed by atoms with van der Waals surface area (Å²) in [6.07, 6.45) is 6.32. The largest absolute Gasteiger partial charge is 0.349 e. The molecule has 2 aromatic rings. The molecular formula is C21H23NO. The fourth-order valence-corrected chi connectivity index (χ4v) is 4.39. The average molecular weight is 305 g/mol. The summed E-state index contributed by atoms with van der Waals surface area (Å²) in [6.45, 7) is 0. The SMILES string of the molecule is O=C(N[C@@H]1CCc2ccccc21)C1(c2ccccc2)CCCC1. The van der Waals surface area contributed by atoms with Crippen molar-refractivity contribution in [3.8, 4) is 0 Å². The van der Waals surface area contributed by atoms with E-state index >= 15 is 0 Å². The number of carbonyl (C=O) groups is 1. The Morgan fingerprint density at radius 3 is 2.43 bits per heavy atom. The van der Waals surface area contributed by atoms with Crippen molar-refractivity contribution in [2.75, 3.05) is 0 Å². The summed E-state index contributed by atoms with van der Waals surface area (Å²) in [5, 5.41) is 3.38. The highest BCUT2D eigenvalue weighted by molar-refractivity contribution is 5.89. The van der Waals surface area contributed by atoms with E-state index in [0.717, 1.165) is 38.5 Å². The predicted octanol–water partition coefficient (Wildman–Crippen LogP) is 4.30. The van der Waals surface area contributed by atoms with Gasteiger partial charge in [-0.05, 0) is 42.4 Å². The van der Waals surface area contributed by atoms with Gasteiger partial charge in [-0.3, -0.25) is 4.79 Å². The summed E-state index contributed by atoms with van der Waals surface area (Å²) in [6, 6.07) is 19.1. The topological polar surface area (TPSA) is 29.1 Å². The smallest absolute Gasteiger partial charge is 0.231 e. The lowest BCUT2D eigenvalue weighted by Crippen LogP contribution is -2.43. The molecule has 118 valence electrons. The first-order chi connectivity index (χ1) is 11.3. The number of fused-ring (bicyclic) bond motifs is 1. The van der Waals surface area contributed by atoms with Gasteiger partial charge in [0.1, 0.15) is 0 Å². The van der Waals surface area contributed by atoms with Crippen LogP contribution in [-0.2, 0) is 16.6 Å². The van der Waals surface area contributed by atoms with Gasteiger partial charge in [-0.2, -0.15) is 0 Å². The lowest BCUT2D eigenvalue weighted by Gasteiger charge is -2.30. The van der Waals surface area contributed by atoms with Crippen LogP contribution in [0.5, 0.6) is 0 Å². The molecule has 1 fully saturated rings. The van der Waals surface area contributed by atoms with Gasteiger partial charge in [-0.25, -0.2) is 0 Å². The molecule has 0 spiro atoms. The molecule has 1 N–H and O–H groups in total. The zero-order valence-electron chi connectivity index (χ0n) is 13.4. The molecular weight excluding hydrogens is 282 g/mol. The van der Waals surface area contributed by atoms with E-state index in [9.17, 15) is 4.79 Å². The summed E-state index contributed by atoms with van der Waals surface area (Å²) in [4.78, 5) is 13.2. The first kappa shape index (κ1) is 14.5. The number of amides is 1. The number of hydrogen-bond donors (Lipinski definition) is 1. The molecule has 1 saturated carbocycles. The maximum atomic E-state index is 13.2. The molecule has 0 heterocycles. The van der Waals surface area contributed by atoms with Gasteiger partial charge >= 0.3 is 0 Å². The first-order valence-corrected chi connectivity index (χ1v) is 8.74. The molecule has 0 saturated heterocycles. The maximum absolute atomic E-state index is 13.2. The summed E-state index contributed by atoms with van der Waals surface area (Å²) >= 11 is 0. The summed E-state index contributed by atoms with van der Waals surface area (Å²) in [7, 11) is 0. The fraction of sp³-hybridized carbons (Fsp3) is 0.381. The van der Waals surface area contributed by atoms with Crippen LogP contribution in [0.3, 0.4) is 0 Å². The van der Waals surface area contributed by atoms with E-state index in [1.807, 2.05) is 18.2 Å². The Kier molecular flexibility index (Phi) is 3.68. The van der Waals surface area contributed by atoms with Crippen molar-refractivity contribution in [2.24, 2.45) is 0 Å². The van der Waals surface area contributed by atoms with E-state index in [2.05, 4.69) is 41.7 Å². The van der Waals surface area contributed by atoms with E-state index in [0.29, 0.717) is 0 Å². The zero-order chi connectivity index (χ0) is 15.7. The molecule has 1 atom stereocenters. The Morgan fingerprint density at radius 2 is 1.65 bits per heavy atom. The standard InChI is InChI=1S/C21H23NO/c23-20(22-19-13-12-16-8-4-5-11-18(16)19)21(14-6-7-15-21)17-9-2-1-3-10-17/h1-5,8-11,19H,6-7,12-15H2,(H,22,23)/t19-/m1/s1. The maximum Gasteiger partial charge on any atom is 0.231 e. The summed E-state index contributed by atoms with van der Waals surface area (Å²) in [5.74, 6) is 0.225. The second-order valence-corrected chi connectivity index (χ2v) is 6.92. The van der Waals surface area contributed by atoms with Crippen molar-refractivity contribution in [3.63, 3.8) is 0 Å². The molecule has 23 heavy (non-hydrogen) atoms. The Labute approximate surface area is 137 Å². The number of rotatable bonds is 3. The molecule has 0 unspecified atom stereocenters. The zero-order valence-corrected chi connectivity index (χ0v) is 13.4. The average Bonchev–Trinajstić information content (AvgIpc) is 3.24. The molecule has 0 bridgehead atoms.